The highest BCUT2D eigenvalue weighted by atomic mass is 16.7. The van der Waals surface area contributed by atoms with Gasteiger partial charge in [0.05, 0.1) is 13.2 Å². The summed E-state index contributed by atoms with van der Waals surface area (Å²) >= 11 is 0. The molecule has 1 saturated heterocycles. The molecule has 1 aromatic carbocycles. The Morgan fingerprint density at radius 2 is 1.95 bits per heavy atom. The molecule has 4 nitrogen and oxygen atoms in total. The van der Waals surface area contributed by atoms with Crippen LogP contribution in [0.1, 0.15) is 30.9 Å². The van der Waals surface area contributed by atoms with Crippen LogP contribution >= 0.6 is 0 Å². The standard InChI is InChI=1S/C15H18O4/c1-10-5-13-14(19-9-18-13)6-12(10)15(7-17-8-15)4-3-11(2)16/h5-6H,3-4,7-9H2,1-2H3. The molecular weight excluding hydrogens is 244 g/mol. The molecule has 4 heteroatoms. The van der Waals surface area contributed by atoms with E-state index in [1.165, 1.54) is 11.1 Å². The van der Waals surface area contributed by atoms with Crippen molar-refractivity contribution in [2.24, 2.45) is 0 Å². The van der Waals surface area contributed by atoms with Gasteiger partial charge in [-0.25, -0.2) is 0 Å². The minimum Gasteiger partial charge on any atom is -0.454 e. The maximum absolute atomic E-state index is 11.2. The topological polar surface area (TPSA) is 44.8 Å². The lowest BCUT2D eigenvalue weighted by Crippen LogP contribution is -2.47. The van der Waals surface area contributed by atoms with Crippen LogP contribution in [0.4, 0.5) is 0 Å². The number of fused-ring (bicyclic) bond motifs is 1. The van der Waals surface area contributed by atoms with E-state index in [9.17, 15) is 4.79 Å². The second-order valence-corrected chi connectivity index (χ2v) is 5.50. The van der Waals surface area contributed by atoms with Crippen molar-refractivity contribution in [1.29, 1.82) is 0 Å². The molecule has 2 aliphatic heterocycles. The van der Waals surface area contributed by atoms with Gasteiger partial charge in [0.25, 0.3) is 0 Å². The Morgan fingerprint density at radius 3 is 2.53 bits per heavy atom. The zero-order valence-electron chi connectivity index (χ0n) is 11.3. The molecule has 0 unspecified atom stereocenters. The number of ether oxygens (including phenoxy) is 3. The molecule has 1 aromatic rings. The van der Waals surface area contributed by atoms with Crippen LogP contribution in [0.5, 0.6) is 11.5 Å². The first-order valence-corrected chi connectivity index (χ1v) is 6.59. The van der Waals surface area contributed by atoms with Gasteiger partial charge in [0.15, 0.2) is 11.5 Å². The number of ketones is 1. The number of Topliss-reactive ketones (excluding diaryl/α,β-unsaturated/α-hetero) is 1. The number of carbonyl (C=O) groups excluding carboxylic acids is 1. The second-order valence-electron chi connectivity index (χ2n) is 5.50. The number of aryl methyl sites for hydroxylation is 1. The Morgan fingerprint density at radius 1 is 1.26 bits per heavy atom. The average Bonchev–Trinajstić information content (AvgIpc) is 2.74. The first kappa shape index (κ1) is 12.5. The molecular formula is C15H18O4. The Hall–Kier alpha value is -1.55. The lowest BCUT2D eigenvalue weighted by Gasteiger charge is -2.43. The SMILES string of the molecule is CC(=O)CCC1(c2cc3c(cc2C)OCO3)COC1. The van der Waals surface area contributed by atoms with Crippen molar-refractivity contribution < 1.29 is 19.0 Å². The minimum absolute atomic E-state index is 0.0310. The summed E-state index contributed by atoms with van der Waals surface area (Å²) < 4.78 is 16.3. The van der Waals surface area contributed by atoms with Crippen LogP contribution in [-0.2, 0) is 14.9 Å². The summed E-state index contributed by atoms with van der Waals surface area (Å²) in [6.07, 6.45) is 1.43. The smallest absolute Gasteiger partial charge is 0.231 e. The molecule has 1 fully saturated rings. The molecule has 2 aliphatic rings. The fraction of sp³-hybridized carbons (Fsp3) is 0.533. The summed E-state index contributed by atoms with van der Waals surface area (Å²) in [5.41, 5.74) is 2.37. The fourth-order valence-electron chi connectivity index (χ4n) is 2.81. The van der Waals surface area contributed by atoms with Gasteiger partial charge in [-0.05, 0) is 43.5 Å². The van der Waals surface area contributed by atoms with Crippen molar-refractivity contribution >= 4 is 5.78 Å². The van der Waals surface area contributed by atoms with Crippen molar-refractivity contribution in [3.8, 4) is 11.5 Å². The third kappa shape index (κ3) is 2.10. The van der Waals surface area contributed by atoms with Crippen LogP contribution < -0.4 is 9.47 Å². The van der Waals surface area contributed by atoms with Gasteiger partial charge in [-0.3, -0.25) is 0 Å². The lowest BCUT2D eigenvalue weighted by molar-refractivity contribution is -0.119. The van der Waals surface area contributed by atoms with Crippen molar-refractivity contribution in [2.45, 2.75) is 32.1 Å². The zero-order valence-corrected chi connectivity index (χ0v) is 11.3. The first-order valence-electron chi connectivity index (χ1n) is 6.59. The molecule has 3 rings (SSSR count). The van der Waals surface area contributed by atoms with Crippen LogP contribution in [0.25, 0.3) is 0 Å². The number of hydrogen-bond donors (Lipinski definition) is 0. The van der Waals surface area contributed by atoms with Gasteiger partial charge in [0.2, 0.25) is 6.79 Å². The summed E-state index contributed by atoms with van der Waals surface area (Å²) in [6.45, 7) is 5.36. The fourth-order valence-corrected chi connectivity index (χ4v) is 2.81. The molecule has 102 valence electrons. The third-order valence-electron chi connectivity index (χ3n) is 4.00. The Bertz CT molecular complexity index is 517. The minimum atomic E-state index is -0.0310. The predicted molar refractivity (Wildman–Crippen MR) is 69.7 cm³/mol. The van der Waals surface area contributed by atoms with Gasteiger partial charge in [0.1, 0.15) is 5.78 Å². The predicted octanol–water partition coefficient (Wildman–Crippen LogP) is 2.36. The van der Waals surface area contributed by atoms with Gasteiger partial charge in [-0.15, -0.1) is 0 Å². The lowest BCUT2D eigenvalue weighted by atomic mass is 9.73. The van der Waals surface area contributed by atoms with E-state index in [-0.39, 0.29) is 18.0 Å². The van der Waals surface area contributed by atoms with E-state index < -0.39 is 0 Å². The van der Waals surface area contributed by atoms with Crippen molar-refractivity contribution in [1.82, 2.24) is 0 Å². The zero-order chi connectivity index (χ0) is 13.5. The highest BCUT2D eigenvalue weighted by molar-refractivity contribution is 5.75. The van der Waals surface area contributed by atoms with Crippen molar-refractivity contribution in [2.75, 3.05) is 20.0 Å². The molecule has 0 saturated carbocycles. The van der Waals surface area contributed by atoms with E-state index in [0.29, 0.717) is 19.6 Å². The Labute approximate surface area is 112 Å². The van der Waals surface area contributed by atoms with E-state index in [2.05, 4.69) is 13.0 Å². The van der Waals surface area contributed by atoms with Gasteiger partial charge in [0, 0.05) is 11.8 Å². The van der Waals surface area contributed by atoms with Gasteiger partial charge >= 0.3 is 0 Å². The molecule has 0 N–H and O–H groups in total. The maximum Gasteiger partial charge on any atom is 0.231 e. The Kier molecular flexibility index (Phi) is 2.97. The molecule has 0 radical (unpaired) electrons. The van der Waals surface area contributed by atoms with Crippen molar-refractivity contribution in [3.05, 3.63) is 23.3 Å². The van der Waals surface area contributed by atoms with E-state index in [1.54, 1.807) is 6.92 Å². The normalized spacial score (nSPS) is 19.1. The Balaban J connectivity index is 1.93. The number of carbonyl (C=O) groups is 1. The quantitative estimate of drug-likeness (QED) is 0.835. The van der Waals surface area contributed by atoms with Gasteiger partial charge < -0.3 is 19.0 Å². The summed E-state index contributed by atoms with van der Waals surface area (Å²) in [7, 11) is 0. The second kappa shape index (κ2) is 4.53. The highest BCUT2D eigenvalue weighted by Crippen LogP contribution is 2.44. The van der Waals surface area contributed by atoms with E-state index in [0.717, 1.165) is 17.9 Å². The van der Waals surface area contributed by atoms with Crippen LogP contribution in [0, 0.1) is 6.92 Å². The maximum atomic E-state index is 11.2. The van der Waals surface area contributed by atoms with E-state index in [1.807, 2.05) is 6.07 Å². The van der Waals surface area contributed by atoms with E-state index in [4.69, 9.17) is 14.2 Å². The first-order chi connectivity index (χ1) is 9.11. The average molecular weight is 262 g/mol. The van der Waals surface area contributed by atoms with Crippen LogP contribution in [0.15, 0.2) is 12.1 Å². The molecule has 0 spiro atoms. The van der Waals surface area contributed by atoms with Gasteiger partial charge in [-0.2, -0.15) is 0 Å². The molecule has 0 amide bonds. The summed E-state index contributed by atoms with van der Waals surface area (Å²) in [5, 5.41) is 0. The number of benzene rings is 1. The molecule has 0 aliphatic carbocycles. The monoisotopic (exact) mass is 262 g/mol. The molecule has 0 bridgehead atoms. The molecule has 2 heterocycles. The third-order valence-corrected chi connectivity index (χ3v) is 4.00. The summed E-state index contributed by atoms with van der Waals surface area (Å²) in [4.78, 5) is 11.2. The molecule has 0 atom stereocenters. The largest absolute Gasteiger partial charge is 0.454 e. The van der Waals surface area contributed by atoms with Crippen LogP contribution in [-0.4, -0.2) is 25.8 Å². The van der Waals surface area contributed by atoms with Crippen LogP contribution in [0.3, 0.4) is 0 Å². The number of rotatable bonds is 4. The molecule has 0 aromatic heterocycles. The summed E-state index contributed by atoms with van der Waals surface area (Å²) in [5.74, 6) is 1.84. The summed E-state index contributed by atoms with van der Waals surface area (Å²) in [6, 6.07) is 4.08. The number of hydrogen-bond acceptors (Lipinski definition) is 4. The van der Waals surface area contributed by atoms with Gasteiger partial charge in [-0.1, -0.05) is 0 Å². The van der Waals surface area contributed by atoms with E-state index >= 15 is 0 Å². The highest BCUT2D eigenvalue weighted by Gasteiger charge is 2.42. The molecule has 19 heavy (non-hydrogen) atoms. The van der Waals surface area contributed by atoms with Crippen molar-refractivity contribution in [3.63, 3.8) is 0 Å². The van der Waals surface area contributed by atoms with Crippen LogP contribution in [0.2, 0.25) is 0 Å².